The highest BCUT2D eigenvalue weighted by Gasteiger charge is 2.17. The van der Waals surface area contributed by atoms with E-state index in [1.54, 1.807) is 0 Å². The first-order valence-corrected chi connectivity index (χ1v) is 7.30. The molecule has 1 aliphatic rings. The van der Waals surface area contributed by atoms with Crippen LogP contribution in [0.1, 0.15) is 25.3 Å². The summed E-state index contributed by atoms with van der Waals surface area (Å²) in [5.74, 6) is 0.795. The fourth-order valence-corrected chi connectivity index (χ4v) is 3.16. The van der Waals surface area contributed by atoms with Crippen LogP contribution in [0.25, 0.3) is 0 Å². The molecule has 88 valence electrons. The van der Waals surface area contributed by atoms with Crippen LogP contribution in [0.4, 0.5) is 5.69 Å². The van der Waals surface area contributed by atoms with Gasteiger partial charge in [0.25, 0.3) is 0 Å². The first kappa shape index (κ1) is 12.3. The summed E-state index contributed by atoms with van der Waals surface area (Å²) in [5.41, 5.74) is 2.43. The monoisotopic (exact) mass is 301 g/mol. The Morgan fingerprint density at radius 2 is 2.31 bits per heavy atom. The highest BCUT2D eigenvalue weighted by molar-refractivity contribution is 9.08. The quantitative estimate of drug-likeness (QED) is 0.729. The summed E-state index contributed by atoms with van der Waals surface area (Å²) >= 11 is 9.67. The van der Waals surface area contributed by atoms with Crippen LogP contribution in [0, 0.1) is 5.92 Å². The molecule has 0 aromatic heterocycles. The third-order valence-electron chi connectivity index (χ3n) is 3.20. The molecule has 0 aliphatic carbocycles. The minimum Gasteiger partial charge on any atom is -0.371 e. The van der Waals surface area contributed by atoms with Gasteiger partial charge in [-0.25, -0.2) is 0 Å². The normalized spacial score (nSPS) is 21.2. The zero-order valence-electron chi connectivity index (χ0n) is 9.55. The summed E-state index contributed by atoms with van der Waals surface area (Å²) in [5, 5.41) is 1.69. The zero-order chi connectivity index (χ0) is 11.5. The molecule has 1 nitrogen and oxygen atoms in total. The van der Waals surface area contributed by atoms with Gasteiger partial charge in [0, 0.05) is 29.1 Å². The molecule has 1 saturated heterocycles. The second-order valence-corrected chi connectivity index (χ2v) is 5.57. The Balaban J connectivity index is 2.17. The number of piperidine rings is 1. The smallest absolute Gasteiger partial charge is 0.0467 e. The minimum absolute atomic E-state index is 0.795. The highest BCUT2D eigenvalue weighted by atomic mass is 79.9. The predicted octanol–water partition coefficient (Wildman–Crippen LogP) is 4.47. The Labute approximate surface area is 111 Å². The second-order valence-electron chi connectivity index (χ2n) is 4.60. The molecule has 0 bridgehead atoms. The molecule has 0 spiro atoms. The van der Waals surface area contributed by atoms with Crippen LogP contribution in [0.15, 0.2) is 18.2 Å². The van der Waals surface area contributed by atoms with E-state index >= 15 is 0 Å². The van der Waals surface area contributed by atoms with Crippen molar-refractivity contribution in [3.8, 4) is 0 Å². The van der Waals surface area contributed by atoms with Gasteiger partial charge in [0.05, 0.1) is 0 Å². The van der Waals surface area contributed by atoms with Gasteiger partial charge in [0.15, 0.2) is 0 Å². The first-order chi connectivity index (χ1) is 7.70. The maximum Gasteiger partial charge on any atom is 0.0467 e. The fraction of sp³-hybridized carbons (Fsp3) is 0.538. The third-order valence-corrected chi connectivity index (χ3v) is 4.16. The van der Waals surface area contributed by atoms with Crippen LogP contribution in [-0.4, -0.2) is 13.1 Å². The molecule has 2 rings (SSSR count). The molecular weight excluding hydrogens is 286 g/mol. The van der Waals surface area contributed by atoms with E-state index in [0.717, 1.165) is 34.9 Å². The van der Waals surface area contributed by atoms with Gasteiger partial charge >= 0.3 is 0 Å². The average molecular weight is 303 g/mol. The lowest BCUT2D eigenvalue weighted by molar-refractivity contribution is 0.447. The maximum atomic E-state index is 6.23. The molecule has 16 heavy (non-hydrogen) atoms. The van der Waals surface area contributed by atoms with E-state index < -0.39 is 0 Å². The van der Waals surface area contributed by atoms with E-state index in [9.17, 15) is 0 Å². The van der Waals surface area contributed by atoms with E-state index in [1.807, 2.05) is 0 Å². The Hall–Kier alpha value is -0.210. The van der Waals surface area contributed by atoms with Crippen LogP contribution < -0.4 is 4.90 Å². The Bertz CT molecular complexity index is 367. The molecule has 0 radical (unpaired) electrons. The number of rotatable bonds is 2. The number of nitrogens with zero attached hydrogens (tertiary/aromatic N) is 1. The van der Waals surface area contributed by atoms with Crippen LogP contribution >= 0.6 is 27.5 Å². The molecule has 1 atom stereocenters. The van der Waals surface area contributed by atoms with Crippen LogP contribution in [-0.2, 0) is 5.33 Å². The maximum absolute atomic E-state index is 6.23. The van der Waals surface area contributed by atoms with E-state index in [1.165, 1.54) is 18.5 Å². The lowest BCUT2D eigenvalue weighted by Gasteiger charge is -2.33. The molecule has 3 heteroatoms. The van der Waals surface area contributed by atoms with Gasteiger partial charge in [0.2, 0.25) is 0 Å². The van der Waals surface area contributed by atoms with Crippen molar-refractivity contribution in [2.75, 3.05) is 18.0 Å². The fourth-order valence-electron chi connectivity index (χ4n) is 2.27. The Morgan fingerprint density at radius 1 is 1.50 bits per heavy atom. The third kappa shape index (κ3) is 2.72. The van der Waals surface area contributed by atoms with Crippen molar-refractivity contribution in [2.45, 2.75) is 25.1 Å². The Morgan fingerprint density at radius 3 is 2.94 bits per heavy atom. The molecule has 1 aromatic rings. The van der Waals surface area contributed by atoms with Crippen molar-refractivity contribution in [1.29, 1.82) is 0 Å². The van der Waals surface area contributed by atoms with Gasteiger partial charge in [-0.15, -0.1) is 0 Å². The topological polar surface area (TPSA) is 3.24 Å². The number of hydrogen-bond donors (Lipinski definition) is 0. The molecule has 1 heterocycles. The molecule has 0 amide bonds. The lowest BCUT2D eigenvalue weighted by atomic mass is 9.99. The number of alkyl halides is 1. The molecule has 1 unspecified atom stereocenters. The van der Waals surface area contributed by atoms with Gasteiger partial charge < -0.3 is 4.90 Å². The van der Waals surface area contributed by atoms with Crippen molar-refractivity contribution < 1.29 is 0 Å². The van der Waals surface area contributed by atoms with Gasteiger partial charge in [-0.1, -0.05) is 40.5 Å². The largest absolute Gasteiger partial charge is 0.371 e. The summed E-state index contributed by atoms with van der Waals surface area (Å²) in [6.45, 7) is 4.64. The van der Waals surface area contributed by atoms with Crippen molar-refractivity contribution in [2.24, 2.45) is 5.92 Å². The van der Waals surface area contributed by atoms with Crippen molar-refractivity contribution in [3.05, 3.63) is 28.8 Å². The summed E-state index contributed by atoms with van der Waals surface area (Å²) in [4.78, 5) is 2.44. The number of hydrogen-bond acceptors (Lipinski definition) is 1. The van der Waals surface area contributed by atoms with Gasteiger partial charge in [-0.3, -0.25) is 0 Å². The highest BCUT2D eigenvalue weighted by Crippen LogP contribution is 2.28. The van der Waals surface area contributed by atoms with Crippen molar-refractivity contribution >= 4 is 33.2 Å². The molecule has 0 N–H and O–H groups in total. The summed E-state index contributed by atoms with van der Waals surface area (Å²) in [7, 11) is 0. The minimum atomic E-state index is 0.795. The van der Waals surface area contributed by atoms with Crippen LogP contribution in [0.5, 0.6) is 0 Å². The first-order valence-electron chi connectivity index (χ1n) is 5.80. The predicted molar refractivity (Wildman–Crippen MR) is 74.7 cm³/mol. The molecule has 0 saturated carbocycles. The van der Waals surface area contributed by atoms with E-state index in [0.29, 0.717) is 0 Å². The van der Waals surface area contributed by atoms with Crippen molar-refractivity contribution in [1.82, 2.24) is 0 Å². The number of anilines is 1. The van der Waals surface area contributed by atoms with Crippen LogP contribution in [0.3, 0.4) is 0 Å². The van der Waals surface area contributed by atoms with Crippen molar-refractivity contribution in [3.63, 3.8) is 0 Å². The second kappa shape index (κ2) is 5.42. The van der Waals surface area contributed by atoms with Gasteiger partial charge in [-0.2, -0.15) is 0 Å². The van der Waals surface area contributed by atoms with E-state index in [4.69, 9.17) is 11.6 Å². The Kier molecular flexibility index (Phi) is 4.15. The average Bonchev–Trinajstić information content (AvgIpc) is 2.29. The molecule has 1 fully saturated rings. The SMILES string of the molecule is CC1CCCN(c2ccc(CBr)c(Cl)c2)C1. The molecular formula is C13H17BrClN. The summed E-state index contributed by atoms with van der Waals surface area (Å²) in [6.07, 6.45) is 2.64. The van der Waals surface area contributed by atoms with Crippen LogP contribution in [0.2, 0.25) is 5.02 Å². The standard InChI is InChI=1S/C13H17BrClN/c1-10-3-2-6-16(9-10)12-5-4-11(8-14)13(15)7-12/h4-5,7,10H,2-3,6,8-9H2,1H3. The molecule has 1 aliphatic heterocycles. The lowest BCUT2D eigenvalue weighted by Crippen LogP contribution is -2.34. The summed E-state index contributed by atoms with van der Waals surface area (Å²) < 4.78 is 0. The van der Waals surface area contributed by atoms with Gasteiger partial charge in [-0.05, 0) is 36.5 Å². The summed E-state index contributed by atoms with van der Waals surface area (Å²) in [6, 6.07) is 6.39. The number of benzene rings is 1. The van der Waals surface area contributed by atoms with Gasteiger partial charge in [0.1, 0.15) is 0 Å². The zero-order valence-corrected chi connectivity index (χ0v) is 11.9. The van der Waals surface area contributed by atoms with E-state index in [2.05, 4.69) is 46.0 Å². The number of halogens is 2. The molecule has 1 aromatic carbocycles. The van der Waals surface area contributed by atoms with E-state index in [-0.39, 0.29) is 0 Å².